The van der Waals surface area contributed by atoms with E-state index >= 15 is 0 Å². The molecule has 0 unspecified atom stereocenters. The lowest BCUT2D eigenvalue weighted by atomic mass is 10.1. The third-order valence-corrected chi connectivity index (χ3v) is 7.99. The second-order valence-electron chi connectivity index (χ2n) is 8.45. The third-order valence-electron chi connectivity index (χ3n) is 6.07. The van der Waals surface area contributed by atoms with Gasteiger partial charge in [0.2, 0.25) is 15.9 Å². The van der Waals surface area contributed by atoms with E-state index in [-0.39, 0.29) is 17.2 Å². The number of nitrogens with zero attached hydrogens (tertiary/aromatic N) is 4. The van der Waals surface area contributed by atoms with Crippen molar-refractivity contribution >= 4 is 32.5 Å². The molecule has 1 amide bonds. The average molecular weight is 499 g/mol. The Kier molecular flexibility index (Phi) is 7.94. The van der Waals surface area contributed by atoms with Gasteiger partial charge in [0.05, 0.1) is 23.6 Å². The average Bonchev–Trinajstić information content (AvgIpc) is 3.16. The Labute approximate surface area is 205 Å². The second kappa shape index (κ2) is 11.1. The number of para-hydroxylation sites is 1. The van der Waals surface area contributed by atoms with Crippen LogP contribution in [-0.2, 0) is 32.5 Å². The first kappa shape index (κ1) is 25.0. The van der Waals surface area contributed by atoms with Crippen LogP contribution in [0.5, 0.6) is 5.88 Å². The van der Waals surface area contributed by atoms with Crippen molar-refractivity contribution in [2.75, 3.05) is 26.3 Å². The van der Waals surface area contributed by atoms with Gasteiger partial charge in [-0.1, -0.05) is 43.7 Å². The fourth-order valence-electron chi connectivity index (χ4n) is 4.08. The summed E-state index contributed by atoms with van der Waals surface area (Å²) in [5.41, 5.74) is 1.98. The van der Waals surface area contributed by atoms with E-state index in [4.69, 9.17) is 4.74 Å². The summed E-state index contributed by atoms with van der Waals surface area (Å²) < 4.78 is 33.9. The molecule has 0 saturated carbocycles. The zero-order valence-corrected chi connectivity index (χ0v) is 20.6. The summed E-state index contributed by atoms with van der Waals surface area (Å²) in [6.07, 6.45) is 2.42. The minimum atomic E-state index is -3.55. The molecule has 1 aliphatic rings. The van der Waals surface area contributed by atoms with E-state index in [0.29, 0.717) is 45.0 Å². The summed E-state index contributed by atoms with van der Waals surface area (Å²) in [4.78, 5) is 12.6. The molecule has 0 spiro atoms. The SMILES string of the molecule is CCCCn1c(O)c(N=NC(=O)CCc2ccc(S(=O)(=O)N3CCOCC3)cc2)c2ccccc21. The zero-order valence-electron chi connectivity index (χ0n) is 19.8. The Morgan fingerprint density at radius 3 is 2.51 bits per heavy atom. The molecule has 1 fully saturated rings. The number of hydrogen-bond acceptors (Lipinski definition) is 6. The van der Waals surface area contributed by atoms with Crippen LogP contribution in [0.2, 0.25) is 0 Å². The molecule has 1 aliphatic heterocycles. The van der Waals surface area contributed by atoms with E-state index in [1.165, 1.54) is 4.31 Å². The maximum atomic E-state index is 12.7. The summed E-state index contributed by atoms with van der Waals surface area (Å²) in [6, 6.07) is 14.1. The number of carbonyl (C=O) groups excluding carboxylic acids is 1. The molecule has 0 aliphatic carbocycles. The fraction of sp³-hybridized carbons (Fsp3) is 0.400. The van der Waals surface area contributed by atoms with Crippen LogP contribution in [0.3, 0.4) is 0 Å². The van der Waals surface area contributed by atoms with Gasteiger partial charge >= 0.3 is 0 Å². The lowest BCUT2D eigenvalue weighted by molar-refractivity contribution is -0.118. The Balaban J connectivity index is 1.40. The van der Waals surface area contributed by atoms with Crippen molar-refractivity contribution in [3.63, 3.8) is 0 Å². The van der Waals surface area contributed by atoms with Gasteiger partial charge in [-0.15, -0.1) is 10.2 Å². The van der Waals surface area contributed by atoms with Crippen molar-refractivity contribution in [3.8, 4) is 5.88 Å². The fourth-order valence-corrected chi connectivity index (χ4v) is 5.49. The lowest BCUT2D eigenvalue weighted by Gasteiger charge is -2.26. The molecule has 2 aromatic carbocycles. The van der Waals surface area contributed by atoms with Crippen LogP contribution in [0.1, 0.15) is 31.7 Å². The van der Waals surface area contributed by atoms with Crippen LogP contribution in [0.25, 0.3) is 10.9 Å². The molecule has 10 heteroatoms. The van der Waals surface area contributed by atoms with Crippen LogP contribution in [-0.4, -0.2) is 54.6 Å². The summed E-state index contributed by atoms with van der Waals surface area (Å²) in [7, 11) is -3.55. The van der Waals surface area contributed by atoms with Crippen LogP contribution >= 0.6 is 0 Å². The number of aromatic hydroxyl groups is 1. The summed E-state index contributed by atoms with van der Waals surface area (Å²) in [5, 5.41) is 19.3. The standard InChI is InChI=1S/C25H30N4O5S/c1-2-3-14-29-22-7-5-4-6-21(22)24(25(29)31)27-26-23(30)13-10-19-8-11-20(12-9-19)35(32,33)28-15-17-34-18-16-28/h4-9,11-12,31H,2-3,10,13-18H2,1H3. The number of unbranched alkanes of at least 4 members (excludes halogenated alkanes) is 1. The molecule has 3 aromatic rings. The number of aromatic nitrogens is 1. The normalized spacial score (nSPS) is 15.2. The summed E-state index contributed by atoms with van der Waals surface area (Å²) >= 11 is 0. The Hall–Kier alpha value is -3.08. The number of fused-ring (bicyclic) bond motifs is 1. The lowest BCUT2D eigenvalue weighted by Crippen LogP contribution is -2.40. The van der Waals surface area contributed by atoms with E-state index in [1.54, 1.807) is 28.8 Å². The molecule has 1 aromatic heterocycles. The minimum Gasteiger partial charge on any atom is -0.493 e. The number of aryl methyl sites for hydroxylation is 2. The predicted molar refractivity (Wildman–Crippen MR) is 132 cm³/mol. The number of rotatable bonds is 9. The van der Waals surface area contributed by atoms with Crippen LogP contribution in [0, 0.1) is 0 Å². The van der Waals surface area contributed by atoms with E-state index in [2.05, 4.69) is 17.2 Å². The molecule has 0 radical (unpaired) electrons. The van der Waals surface area contributed by atoms with Crippen molar-refractivity contribution in [1.82, 2.24) is 8.87 Å². The van der Waals surface area contributed by atoms with Gasteiger partial charge in [0.1, 0.15) is 0 Å². The monoisotopic (exact) mass is 498 g/mol. The van der Waals surface area contributed by atoms with Gasteiger partial charge in [-0.05, 0) is 36.6 Å². The van der Waals surface area contributed by atoms with Crippen LogP contribution < -0.4 is 0 Å². The molecule has 0 atom stereocenters. The predicted octanol–water partition coefficient (Wildman–Crippen LogP) is 4.41. The Bertz CT molecular complexity index is 1310. The smallest absolute Gasteiger partial charge is 0.265 e. The number of benzene rings is 2. The van der Waals surface area contributed by atoms with E-state index in [9.17, 15) is 18.3 Å². The number of sulfonamides is 1. The highest BCUT2D eigenvalue weighted by atomic mass is 32.2. The van der Waals surface area contributed by atoms with Crippen LogP contribution in [0.4, 0.5) is 5.69 Å². The van der Waals surface area contributed by atoms with E-state index in [1.807, 2.05) is 24.3 Å². The number of ether oxygens (including phenoxy) is 1. The van der Waals surface area contributed by atoms with Crippen molar-refractivity contribution in [1.29, 1.82) is 0 Å². The first-order chi connectivity index (χ1) is 16.9. The number of azo groups is 1. The first-order valence-electron chi connectivity index (χ1n) is 11.8. The third kappa shape index (κ3) is 5.61. The van der Waals surface area contributed by atoms with E-state index in [0.717, 1.165) is 29.3 Å². The Morgan fingerprint density at radius 2 is 1.80 bits per heavy atom. The molecule has 1 saturated heterocycles. The van der Waals surface area contributed by atoms with Gasteiger partial charge in [0.25, 0.3) is 5.91 Å². The zero-order chi connectivity index (χ0) is 24.8. The molecule has 0 bridgehead atoms. The largest absolute Gasteiger partial charge is 0.493 e. The molecule has 9 nitrogen and oxygen atoms in total. The number of amides is 1. The topological polar surface area (TPSA) is 114 Å². The molecule has 1 N–H and O–H groups in total. The molecular formula is C25H30N4O5S. The van der Waals surface area contributed by atoms with Crippen molar-refractivity contribution in [3.05, 3.63) is 54.1 Å². The van der Waals surface area contributed by atoms with Gasteiger partial charge < -0.3 is 14.4 Å². The number of hydrogen-bond donors (Lipinski definition) is 1. The Morgan fingerprint density at radius 1 is 1.09 bits per heavy atom. The molecular weight excluding hydrogens is 468 g/mol. The highest BCUT2D eigenvalue weighted by Gasteiger charge is 2.26. The van der Waals surface area contributed by atoms with Gasteiger partial charge in [-0.2, -0.15) is 4.31 Å². The highest BCUT2D eigenvalue weighted by molar-refractivity contribution is 7.89. The summed E-state index contributed by atoms with van der Waals surface area (Å²) in [5.74, 6) is -0.409. The molecule has 186 valence electrons. The maximum absolute atomic E-state index is 12.7. The highest BCUT2D eigenvalue weighted by Crippen LogP contribution is 2.39. The van der Waals surface area contributed by atoms with E-state index < -0.39 is 15.9 Å². The van der Waals surface area contributed by atoms with Crippen molar-refractivity contribution in [2.24, 2.45) is 10.2 Å². The van der Waals surface area contributed by atoms with Gasteiger partial charge in [0.15, 0.2) is 5.69 Å². The van der Waals surface area contributed by atoms with Crippen molar-refractivity contribution < 1.29 is 23.1 Å². The van der Waals surface area contributed by atoms with Crippen molar-refractivity contribution in [2.45, 2.75) is 44.0 Å². The minimum absolute atomic E-state index is 0.00765. The summed E-state index contributed by atoms with van der Waals surface area (Å²) in [6.45, 7) is 4.21. The first-order valence-corrected chi connectivity index (χ1v) is 13.3. The molecule has 4 rings (SSSR count). The van der Waals surface area contributed by atoms with Crippen LogP contribution in [0.15, 0.2) is 63.7 Å². The number of carbonyl (C=O) groups is 1. The van der Waals surface area contributed by atoms with Gasteiger partial charge in [-0.25, -0.2) is 8.42 Å². The van der Waals surface area contributed by atoms with Gasteiger partial charge in [0, 0.05) is 31.4 Å². The van der Waals surface area contributed by atoms with Gasteiger partial charge in [-0.3, -0.25) is 4.79 Å². The maximum Gasteiger partial charge on any atom is 0.265 e. The quantitative estimate of drug-likeness (QED) is 0.439. The number of morpholine rings is 1. The molecule has 35 heavy (non-hydrogen) atoms. The molecule has 2 heterocycles. The second-order valence-corrected chi connectivity index (χ2v) is 10.4.